The average molecular weight is 873 g/mol. The molecule has 0 unspecified atom stereocenters. The summed E-state index contributed by atoms with van der Waals surface area (Å²) in [6.45, 7) is 11.5. The van der Waals surface area contributed by atoms with Crippen LogP contribution in [-0.2, 0) is 34.0 Å². The zero-order valence-electron chi connectivity index (χ0n) is 32.1. The lowest BCUT2D eigenvalue weighted by Gasteiger charge is -2.38. The summed E-state index contributed by atoms with van der Waals surface area (Å²) in [5.74, 6) is -8.64. The lowest BCUT2D eigenvalue weighted by atomic mass is 10.00. The number of alkyl halides is 9. The number of quaternary nitrogens is 1. The van der Waals surface area contributed by atoms with E-state index in [9.17, 15) is 48.7 Å². The van der Waals surface area contributed by atoms with E-state index >= 15 is 0 Å². The molecule has 332 valence electrons. The van der Waals surface area contributed by atoms with Crippen LogP contribution in [0.15, 0.2) is 66.7 Å². The van der Waals surface area contributed by atoms with Gasteiger partial charge in [0.15, 0.2) is 0 Å². The van der Waals surface area contributed by atoms with E-state index in [0.717, 1.165) is 74.5 Å². The topological polar surface area (TPSA) is 168 Å². The molecular formula is C38H44F10N5O7+. The second-order valence-corrected chi connectivity index (χ2v) is 13.9. The minimum Gasteiger partial charge on any atom is -0.475 e. The van der Waals surface area contributed by atoms with Gasteiger partial charge in [-0.3, -0.25) is 9.69 Å². The number of carbonyl (C=O) groups is 4. The molecule has 60 heavy (non-hydrogen) atoms. The fourth-order valence-electron chi connectivity index (χ4n) is 5.78. The molecule has 3 aromatic carbocycles. The number of nitrogens with zero attached hydrogens (tertiary/aromatic N) is 2. The summed E-state index contributed by atoms with van der Waals surface area (Å²) >= 11 is 0. The summed E-state index contributed by atoms with van der Waals surface area (Å²) in [5, 5.41) is 31.3. The standard InChI is InChI=1S/C32H40FN5O.3C2HF3O2/c1-24-21-37(14-11-35-24)22-26-5-3-7-28(17-26)30-19-25(9-10-31(30)33)20-36-32(39)29-8-4-6-27(18-29)23-38(2)15-12-34-13-16-38;3*3-2(4,5)1(6)7/h3-10,17-19,24,34-35H,11-16,20-23H2,1-2H3;3*(H,6,7)/p+1/t24-;;;/m0.../s1. The van der Waals surface area contributed by atoms with E-state index in [2.05, 4.69) is 53.0 Å². The Kier molecular flexibility index (Phi) is 18.9. The maximum Gasteiger partial charge on any atom is 0.490 e. The first kappa shape index (κ1) is 50.8. The number of halogens is 10. The van der Waals surface area contributed by atoms with Crippen molar-refractivity contribution in [3.05, 3.63) is 94.8 Å². The molecule has 0 aromatic heterocycles. The number of hydrogen-bond donors (Lipinski definition) is 6. The van der Waals surface area contributed by atoms with Gasteiger partial charge in [0.25, 0.3) is 5.91 Å². The Hall–Kier alpha value is -5.32. The summed E-state index contributed by atoms with van der Waals surface area (Å²) in [6.07, 6.45) is -15.3. The van der Waals surface area contributed by atoms with Crippen LogP contribution in [0.1, 0.15) is 34.0 Å². The molecule has 2 saturated heterocycles. The monoisotopic (exact) mass is 872 g/mol. The third kappa shape index (κ3) is 18.3. The predicted molar refractivity (Wildman–Crippen MR) is 196 cm³/mol. The van der Waals surface area contributed by atoms with Gasteiger partial charge in [0.2, 0.25) is 0 Å². The van der Waals surface area contributed by atoms with Crippen molar-refractivity contribution in [2.75, 3.05) is 52.9 Å². The lowest BCUT2D eigenvalue weighted by Crippen LogP contribution is -2.55. The van der Waals surface area contributed by atoms with E-state index in [4.69, 9.17) is 29.7 Å². The molecule has 5 rings (SSSR count). The maximum absolute atomic E-state index is 14.9. The second-order valence-electron chi connectivity index (χ2n) is 13.9. The van der Waals surface area contributed by atoms with Crippen molar-refractivity contribution in [3.8, 4) is 11.1 Å². The molecule has 0 spiro atoms. The summed E-state index contributed by atoms with van der Waals surface area (Å²) < 4.78 is 111. The van der Waals surface area contributed by atoms with Crippen LogP contribution in [0, 0.1) is 5.82 Å². The molecule has 2 heterocycles. The van der Waals surface area contributed by atoms with Gasteiger partial charge in [-0.25, -0.2) is 18.8 Å². The highest BCUT2D eigenvalue weighted by Crippen LogP contribution is 2.26. The van der Waals surface area contributed by atoms with Crippen LogP contribution in [0.2, 0.25) is 0 Å². The summed E-state index contributed by atoms with van der Waals surface area (Å²) in [6, 6.07) is 21.6. The van der Waals surface area contributed by atoms with E-state index in [1.54, 1.807) is 6.07 Å². The molecule has 0 bridgehead atoms. The highest BCUT2D eigenvalue weighted by molar-refractivity contribution is 5.94. The van der Waals surface area contributed by atoms with E-state index < -0.39 is 36.4 Å². The Morgan fingerprint density at radius 1 is 0.750 bits per heavy atom. The van der Waals surface area contributed by atoms with Gasteiger partial charge in [-0.15, -0.1) is 0 Å². The number of aliphatic carboxylic acids is 3. The van der Waals surface area contributed by atoms with E-state index in [1.807, 2.05) is 36.4 Å². The average Bonchev–Trinajstić information content (AvgIpc) is 3.14. The predicted octanol–water partition coefficient (Wildman–Crippen LogP) is 5.67. The zero-order valence-corrected chi connectivity index (χ0v) is 32.1. The molecule has 2 fully saturated rings. The van der Waals surface area contributed by atoms with Gasteiger partial charge in [-0.05, 0) is 53.9 Å². The summed E-state index contributed by atoms with van der Waals surface area (Å²) in [7, 11) is 2.28. The molecule has 1 atom stereocenters. The smallest absolute Gasteiger partial charge is 0.475 e. The summed E-state index contributed by atoms with van der Waals surface area (Å²) in [4.78, 5) is 42.1. The number of nitrogens with one attached hydrogen (secondary N) is 3. The Morgan fingerprint density at radius 2 is 1.28 bits per heavy atom. The van der Waals surface area contributed by atoms with Crippen molar-refractivity contribution in [2.45, 2.75) is 51.1 Å². The third-order valence-electron chi connectivity index (χ3n) is 8.72. The van der Waals surface area contributed by atoms with E-state index in [-0.39, 0.29) is 11.7 Å². The van der Waals surface area contributed by atoms with Gasteiger partial charge in [-0.2, -0.15) is 39.5 Å². The number of rotatable bonds is 8. The fraction of sp³-hybridized carbons (Fsp3) is 0.421. The Balaban J connectivity index is 0.000000485. The van der Waals surface area contributed by atoms with Crippen molar-refractivity contribution in [3.63, 3.8) is 0 Å². The first-order valence-corrected chi connectivity index (χ1v) is 17.9. The molecule has 2 aliphatic heterocycles. The molecule has 0 saturated carbocycles. The zero-order chi connectivity index (χ0) is 45.5. The maximum atomic E-state index is 14.9. The van der Waals surface area contributed by atoms with Crippen molar-refractivity contribution in [2.24, 2.45) is 0 Å². The van der Waals surface area contributed by atoms with Crippen LogP contribution in [0.5, 0.6) is 0 Å². The van der Waals surface area contributed by atoms with Gasteiger partial charge in [-0.1, -0.05) is 36.4 Å². The number of likely N-dealkylation sites (N-methyl/N-ethyl adjacent to an activating group) is 1. The van der Waals surface area contributed by atoms with Crippen molar-refractivity contribution in [1.82, 2.24) is 20.9 Å². The van der Waals surface area contributed by atoms with Gasteiger partial charge in [0.1, 0.15) is 12.4 Å². The number of amides is 1. The van der Waals surface area contributed by atoms with E-state index in [0.29, 0.717) is 23.7 Å². The number of hydrogen-bond acceptors (Lipinski definition) is 7. The molecule has 1 amide bonds. The van der Waals surface area contributed by atoms with Crippen LogP contribution >= 0.6 is 0 Å². The Bertz CT molecular complexity index is 1850. The number of carboxylic acids is 3. The number of carboxylic acid groups (broad SMARTS) is 3. The molecule has 22 heteroatoms. The number of carbonyl (C=O) groups excluding carboxylic acids is 1. The van der Waals surface area contributed by atoms with Gasteiger partial charge >= 0.3 is 36.4 Å². The Labute approximate surface area is 337 Å². The number of benzene rings is 3. The van der Waals surface area contributed by atoms with Crippen molar-refractivity contribution in [1.29, 1.82) is 0 Å². The molecule has 0 aliphatic carbocycles. The number of piperazine rings is 2. The van der Waals surface area contributed by atoms with Gasteiger partial charge in [0.05, 0.1) is 20.1 Å². The largest absolute Gasteiger partial charge is 0.490 e. The highest BCUT2D eigenvalue weighted by Gasteiger charge is 2.39. The van der Waals surface area contributed by atoms with Gasteiger partial charge < -0.3 is 35.8 Å². The molecule has 0 radical (unpaired) electrons. The molecule has 12 nitrogen and oxygen atoms in total. The fourth-order valence-corrected chi connectivity index (χ4v) is 5.78. The molecular weight excluding hydrogens is 828 g/mol. The minimum absolute atomic E-state index is 0.113. The molecule has 2 aliphatic rings. The summed E-state index contributed by atoms with van der Waals surface area (Å²) in [5.41, 5.74) is 5.30. The van der Waals surface area contributed by atoms with Crippen LogP contribution in [-0.4, -0.2) is 126 Å². The molecule has 3 aromatic rings. The second kappa shape index (κ2) is 22.3. The van der Waals surface area contributed by atoms with Crippen LogP contribution < -0.4 is 16.0 Å². The van der Waals surface area contributed by atoms with Crippen LogP contribution in [0.25, 0.3) is 11.1 Å². The van der Waals surface area contributed by atoms with E-state index in [1.165, 1.54) is 17.2 Å². The van der Waals surface area contributed by atoms with Crippen LogP contribution in [0.3, 0.4) is 0 Å². The lowest BCUT2D eigenvalue weighted by molar-refractivity contribution is -0.924. The van der Waals surface area contributed by atoms with Crippen molar-refractivity contribution < 1.29 is 82.9 Å². The van der Waals surface area contributed by atoms with Crippen LogP contribution in [0.4, 0.5) is 43.9 Å². The Morgan fingerprint density at radius 3 is 1.82 bits per heavy atom. The quantitative estimate of drug-likeness (QED) is 0.123. The third-order valence-corrected chi connectivity index (χ3v) is 8.72. The SMILES string of the molecule is C[C@H]1CN(Cc2cccc(-c3cc(CNC(=O)c4cccc(C[N+]5(C)CCNCC5)c4)ccc3F)c2)CCN1.O=C(O)C(F)(F)F.O=C(O)C(F)(F)F.O=C(O)C(F)(F)F. The molecule has 6 N–H and O–H groups in total. The highest BCUT2D eigenvalue weighted by atomic mass is 19.4. The first-order valence-electron chi connectivity index (χ1n) is 17.9. The van der Waals surface area contributed by atoms with Crippen molar-refractivity contribution >= 4 is 23.8 Å². The normalized spacial score (nSPS) is 16.6. The first-order chi connectivity index (χ1) is 27.7. The minimum atomic E-state index is -5.08. The van der Waals surface area contributed by atoms with Gasteiger partial charge in [0, 0.05) is 68.5 Å².